The van der Waals surface area contributed by atoms with Crippen LogP contribution >= 0.6 is 0 Å². The molecule has 0 aliphatic carbocycles. The zero-order valence-electron chi connectivity index (χ0n) is 6.62. The van der Waals surface area contributed by atoms with E-state index >= 15 is 0 Å². The van der Waals surface area contributed by atoms with E-state index in [1.54, 1.807) is 0 Å². The normalized spacial score (nSPS) is 8.40. The molecule has 1 N–H and O–H groups in total. The summed E-state index contributed by atoms with van der Waals surface area (Å²) in [5, 5.41) is 7.42. The van der Waals surface area contributed by atoms with Gasteiger partial charge in [-0.3, -0.25) is 4.79 Å². The summed E-state index contributed by atoms with van der Waals surface area (Å²) in [5.74, 6) is -0.833. The molecule has 0 saturated carbocycles. The summed E-state index contributed by atoms with van der Waals surface area (Å²) >= 11 is -3.38. The Balaban J connectivity index is -0.0000000910. The maximum atomic E-state index is 9.72. The van der Waals surface area contributed by atoms with Gasteiger partial charge in [-0.2, -0.15) is 0 Å². The summed E-state index contributed by atoms with van der Waals surface area (Å²) in [6.45, 7) is 1.08. The fraction of sp³-hybridized carbons (Fsp3) is 0.750. The summed E-state index contributed by atoms with van der Waals surface area (Å²) in [7, 11) is 0. The number of rotatable bonds is 0. The molecule has 0 aromatic heterocycles. The van der Waals surface area contributed by atoms with Crippen molar-refractivity contribution >= 4 is 19.8 Å². The molecular weight excluding hydrogens is 210 g/mol. The molecular formula is C4H10AsNaO4. The van der Waals surface area contributed by atoms with Crippen LogP contribution < -0.4 is 33.7 Å². The Bertz CT molecular complexity index is 117. The van der Waals surface area contributed by atoms with E-state index in [1.807, 2.05) is 0 Å². The van der Waals surface area contributed by atoms with Crippen LogP contribution in [0.1, 0.15) is 6.92 Å². The SMILES string of the molecule is CC(=O)O.C[As](C)(=O)[O-].[Na+]. The Morgan fingerprint density at radius 1 is 1.50 bits per heavy atom. The van der Waals surface area contributed by atoms with Gasteiger partial charge in [0, 0.05) is 6.92 Å². The van der Waals surface area contributed by atoms with Gasteiger partial charge in [-0.1, -0.05) is 0 Å². The van der Waals surface area contributed by atoms with Gasteiger partial charge < -0.3 is 5.11 Å². The van der Waals surface area contributed by atoms with Crippen molar-refractivity contribution in [3.8, 4) is 0 Å². The summed E-state index contributed by atoms with van der Waals surface area (Å²) in [6, 6.07) is 0. The molecule has 0 aliphatic rings. The topological polar surface area (TPSA) is 77.4 Å². The standard InChI is InChI=1S/C2H7AsO2.C2H4O2.Na/c1-3(2,4)5;1-2(3)4;/h1-2H3,(H,4,5);1H3,(H,3,4);/q;;+1/p-1. The van der Waals surface area contributed by atoms with Crippen LogP contribution in [0, 0.1) is 0 Å². The predicted molar refractivity (Wildman–Crippen MR) is 31.5 cm³/mol. The molecule has 0 rings (SSSR count). The van der Waals surface area contributed by atoms with Crippen LogP contribution in [0.5, 0.6) is 0 Å². The van der Waals surface area contributed by atoms with Crippen LogP contribution in [0.2, 0.25) is 11.4 Å². The van der Waals surface area contributed by atoms with Crippen molar-refractivity contribution in [1.29, 1.82) is 0 Å². The van der Waals surface area contributed by atoms with Crippen LogP contribution in [0.15, 0.2) is 0 Å². The van der Waals surface area contributed by atoms with E-state index in [2.05, 4.69) is 0 Å². The Morgan fingerprint density at radius 2 is 1.50 bits per heavy atom. The minimum Gasteiger partial charge on any atom is 1.00 e. The molecule has 0 aromatic carbocycles. The number of carboxylic acid groups (broad SMARTS) is 1. The van der Waals surface area contributed by atoms with Gasteiger partial charge in [-0.25, -0.2) is 0 Å². The number of carbonyl (C=O) groups is 1. The van der Waals surface area contributed by atoms with E-state index in [-0.39, 0.29) is 29.6 Å². The molecule has 0 fully saturated rings. The van der Waals surface area contributed by atoms with Gasteiger partial charge in [-0.15, -0.1) is 0 Å². The van der Waals surface area contributed by atoms with E-state index in [9.17, 15) is 7.84 Å². The number of hydrogen-bond acceptors (Lipinski definition) is 3. The quantitative estimate of drug-likeness (QED) is 0.431. The first-order chi connectivity index (χ1) is 3.73. The Kier molecular flexibility index (Phi) is 13.4. The number of aliphatic carboxylic acids is 1. The van der Waals surface area contributed by atoms with E-state index in [0.717, 1.165) is 6.92 Å². The predicted octanol–water partition coefficient (Wildman–Crippen LogP) is -3.43. The van der Waals surface area contributed by atoms with Gasteiger partial charge in [0.1, 0.15) is 0 Å². The number of hydrogen-bond donors (Lipinski definition) is 1. The molecule has 0 radical (unpaired) electrons. The fourth-order valence-corrected chi connectivity index (χ4v) is 0. The van der Waals surface area contributed by atoms with Gasteiger partial charge in [0.25, 0.3) is 5.97 Å². The van der Waals surface area contributed by atoms with Crippen LogP contribution in [-0.2, 0) is 8.53 Å². The van der Waals surface area contributed by atoms with Crippen molar-refractivity contribution in [2.45, 2.75) is 18.3 Å². The third kappa shape index (κ3) is 858. The van der Waals surface area contributed by atoms with Crippen molar-refractivity contribution in [2.75, 3.05) is 0 Å². The molecule has 4 nitrogen and oxygen atoms in total. The maximum absolute atomic E-state index is 9.72. The molecule has 0 saturated heterocycles. The Hall–Kier alpha value is 0.788. The molecule has 0 amide bonds. The first kappa shape index (κ1) is 17.0. The third-order valence-corrected chi connectivity index (χ3v) is 0. The van der Waals surface area contributed by atoms with Crippen LogP contribution in [-0.4, -0.2) is 24.9 Å². The van der Waals surface area contributed by atoms with E-state index in [0.29, 0.717) is 0 Å². The zero-order chi connectivity index (χ0) is 8.08. The molecule has 56 valence electrons. The van der Waals surface area contributed by atoms with Gasteiger partial charge in [0.2, 0.25) is 0 Å². The second-order valence-electron chi connectivity index (χ2n) is 1.77. The first-order valence-corrected chi connectivity index (χ1v) is 7.47. The van der Waals surface area contributed by atoms with Crippen molar-refractivity contribution in [1.82, 2.24) is 0 Å². The Morgan fingerprint density at radius 3 is 1.50 bits per heavy atom. The Labute approximate surface area is 84.9 Å². The summed E-state index contributed by atoms with van der Waals surface area (Å²) in [5.41, 5.74) is 2.50. The second kappa shape index (κ2) is 7.89. The second-order valence-corrected chi connectivity index (χ2v) is 7.02. The molecule has 0 heterocycles. The summed E-state index contributed by atoms with van der Waals surface area (Å²) in [6.07, 6.45) is 0. The van der Waals surface area contributed by atoms with Gasteiger partial charge in [0.15, 0.2) is 0 Å². The van der Waals surface area contributed by atoms with Crippen molar-refractivity contribution < 1.29 is 47.3 Å². The van der Waals surface area contributed by atoms with E-state index < -0.39 is 19.8 Å². The van der Waals surface area contributed by atoms with Crippen molar-refractivity contribution in [2.24, 2.45) is 0 Å². The fourth-order valence-electron chi connectivity index (χ4n) is 0. The number of carboxylic acids is 1. The molecule has 6 heteroatoms. The van der Waals surface area contributed by atoms with Gasteiger partial charge in [-0.05, 0) is 0 Å². The third-order valence-electron chi connectivity index (χ3n) is 0. The summed E-state index contributed by atoms with van der Waals surface area (Å²) < 4.78 is 19.4. The van der Waals surface area contributed by atoms with Crippen LogP contribution in [0.4, 0.5) is 0 Å². The molecule has 0 aliphatic heterocycles. The molecule has 0 bridgehead atoms. The smallest absolute Gasteiger partial charge is 1.00 e. The zero-order valence-corrected chi connectivity index (χ0v) is 10.5. The molecule has 0 atom stereocenters. The van der Waals surface area contributed by atoms with Crippen LogP contribution in [0.25, 0.3) is 0 Å². The maximum Gasteiger partial charge on any atom is 1.00 e. The first-order valence-electron chi connectivity index (χ1n) is 2.19. The monoisotopic (exact) mass is 220 g/mol. The van der Waals surface area contributed by atoms with Gasteiger partial charge >= 0.3 is 62.6 Å². The minimum atomic E-state index is -3.38. The van der Waals surface area contributed by atoms with Crippen molar-refractivity contribution in [3.63, 3.8) is 0 Å². The average molecular weight is 220 g/mol. The molecule has 0 aromatic rings. The molecule has 0 spiro atoms. The molecule has 0 unspecified atom stereocenters. The van der Waals surface area contributed by atoms with E-state index in [4.69, 9.17) is 9.90 Å². The molecule has 10 heavy (non-hydrogen) atoms. The van der Waals surface area contributed by atoms with Crippen LogP contribution in [0.3, 0.4) is 0 Å². The average Bonchev–Trinajstić information content (AvgIpc) is 1.19. The van der Waals surface area contributed by atoms with Gasteiger partial charge in [0.05, 0.1) is 0 Å². The largest absolute Gasteiger partial charge is 1.00 e. The van der Waals surface area contributed by atoms with E-state index in [1.165, 1.54) is 11.4 Å². The summed E-state index contributed by atoms with van der Waals surface area (Å²) in [4.78, 5) is 9.00. The van der Waals surface area contributed by atoms with Crippen molar-refractivity contribution in [3.05, 3.63) is 0 Å². The minimum absolute atomic E-state index is 0.